The summed E-state index contributed by atoms with van der Waals surface area (Å²) in [6.45, 7) is 2.14. The number of benzene rings is 3. The second-order valence-corrected chi connectivity index (χ2v) is 8.14. The lowest BCUT2D eigenvalue weighted by Gasteiger charge is -2.16. The van der Waals surface area contributed by atoms with E-state index in [1.165, 1.54) is 4.90 Å². The van der Waals surface area contributed by atoms with E-state index in [4.69, 9.17) is 23.2 Å². The van der Waals surface area contributed by atoms with Crippen LogP contribution < -0.4 is 5.32 Å². The van der Waals surface area contributed by atoms with Gasteiger partial charge in [-0.05, 0) is 54.3 Å². The van der Waals surface area contributed by atoms with E-state index in [0.717, 1.165) is 11.1 Å². The van der Waals surface area contributed by atoms with Gasteiger partial charge in [0.2, 0.25) is 0 Å². The third-order valence-electron chi connectivity index (χ3n) is 5.30. The van der Waals surface area contributed by atoms with E-state index in [0.29, 0.717) is 33.3 Å². The van der Waals surface area contributed by atoms with Crippen LogP contribution in [0, 0.1) is 6.92 Å². The summed E-state index contributed by atoms with van der Waals surface area (Å²) in [6.07, 6.45) is 0.542. The van der Waals surface area contributed by atoms with E-state index in [9.17, 15) is 9.59 Å². The van der Waals surface area contributed by atoms with Crippen LogP contribution in [-0.4, -0.2) is 23.3 Å². The fourth-order valence-electron chi connectivity index (χ4n) is 3.54. The highest BCUT2D eigenvalue weighted by atomic mass is 35.5. The number of amides is 2. The van der Waals surface area contributed by atoms with Gasteiger partial charge in [0, 0.05) is 22.3 Å². The topological polar surface area (TPSA) is 49.4 Å². The van der Waals surface area contributed by atoms with Gasteiger partial charge < -0.3 is 5.32 Å². The molecular weight excluding hydrogens is 431 g/mol. The van der Waals surface area contributed by atoms with E-state index >= 15 is 0 Å². The Morgan fingerprint density at radius 3 is 2.26 bits per heavy atom. The Kier molecular flexibility index (Phi) is 6.12. The molecule has 3 aromatic rings. The van der Waals surface area contributed by atoms with E-state index in [1.807, 2.05) is 55.5 Å². The molecule has 0 saturated heterocycles. The maximum absolute atomic E-state index is 13.3. The van der Waals surface area contributed by atoms with Crippen LogP contribution in [-0.2, 0) is 16.0 Å². The Morgan fingerprint density at radius 2 is 1.55 bits per heavy atom. The molecule has 1 aliphatic heterocycles. The molecule has 0 bridgehead atoms. The molecule has 0 fully saturated rings. The largest absolute Gasteiger partial charge is 0.350 e. The summed E-state index contributed by atoms with van der Waals surface area (Å²) in [4.78, 5) is 27.9. The number of nitrogens with one attached hydrogen (secondary N) is 1. The smallest absolute Gasteiger partial charge is 0.278 e. The van der Waals surface area contributed by atoms with Crippen LogP contribution in [0.15, 0.2) is 78.5 Å². The third-order valence-corrected chi connectivity index (χ3v) is 5.96. The van der Waals surface area contributed by atoms with E-state index in [1.54, 1.807) is 24.3 Å². The molecule has 0 aromatic heterocycles. The van der Waals surface area contributed by atoms with Crippen LogP contribution in [0.3, 0.4) is 0 Å². The fourth-order valence-corrected chi connectivity index (χ4v) is 3.84. The predicted octanol–water partition coefficient (Wildman–Crippen LogP) is 5.74. The summed E-state index contributed by atoms with van der Waals surface area (Å²) in [7, 11) is 0. The number of carbonyl (C=O) groups is 2. The van der Waals surface area contributed by atoms with Gasteiger partial charge in [0.15, 0.2) is 0 Å². The summed E-state index contributed by atoms with van der Waals surface area (Å²) < 4.78 is 0. The summed E-state index contributed by atoms with van der Waals surface area (Å²) in [6, 6.07) is 22.0. The molecule has 0 saturated carbocycles. The van der Waals surface area contributed by atoms with Crippen molar-refractivity contribution in [2.75, 3.05) is 11.9 Å². The minimum absolute atomic E-state index is 0.262. The average molecular weight is 451 g/mol. The lowest BCUT2D eigenvalue weighted by atomic mass is 10.0. The molecule has 0 atom stereocenters. The molecule has 2 amide bonds. The number of anilines is 1. The lowest BCUT2D eigenvalue weighted by molar-refractivity contribution is -0.136. The van der Waals surface area contributed by atoms with Gasteiger partial charge in [-0.2, -0.15) is 0 Å². The first-order valence-corrected chi connectivity index (χ1v) is 10.6. The number of hydrogen-bond donors (Lipinski definition) is 1. The molecule has 1 aliphatic rings. The standard InChI is InChI=1S/C25H20Cl2N2O2/c1-16-20(27)8-5-9-21(16)28-23-22(18-6-3-2-4-7-18)24(30)29(25(23)31)15-14-17-10-12-19(26)13-11-17/h2-13,28H,14-15H2,1H3. The Labute approximate surface area is 191 Å². The van der Waals surface area contributed by atoms with Crippen molar-refractivity contribution in [3.63, 3.8) is 0 Å². The summed E-state index contributed by atoms with van der Waals surface area (Å²) in [5.74, 6) is -0.662. The van der Waals surface area contributed by atoms with Gasteiger partial charge in [0.1, 0.15) is 5.70 Å². The third kappa shape index (κ3) is 4.36. The van der Waals surface area contributed by atoms with Crippen LogP contribution in [0.4, 0.5) is 5.69 Å². The number of nitrogens with zero attached hydrogens (tertiary/aromatic N) is 1. The zero-order valence-corrected chi connectivity index (χ0v) is 18.4. The highest BCUT2D eigenvalue weighted by molar-refractivity contribution is 6.36. The van der Waals surface area contributed by atoms with Gasteiger partial charge in [-0.3, -0.25) is 14.5 Å². The molecule has 0 aliphatic carbocycles. The number of carbonyl (C=O) groups excluding carboxylic acids is 2. The van der Waals surface area contributed by atoms with Crippen LogP contribution in [0.2, 0.25) is 10.0 Å². The van der Waals surface area contributed by atoms with Crippen molar-refractivity contribution < 1.29 is 9.59 Å². The van der Waals surface area contributed by atoms with E-state index in [-0.39, 0.29) is 24.1 Å². The molecule has 156 valence electrons. The van der Waals surface area contributed by atoms with Gasteiger partial charge in [-0.15, -0.1) is 0 Å². The van der Waals surface area contributed by atoms with E-state index < -0.39 is 0 Å². The van der Waals surface area contributed by atoms with Crippen LogP contribution in [0.5, 0.6) is 0 Å². The van der Waals surface area contributed by atoms with Crippen molar-refractivity contribution >= 4 is 46.3 Å². The van der Waals surface area contributed by atoms with Gasteiger partial charge in [0.05, 0.1) is 5.57 Å². The summed E-state index contributed by atoms with van der Waals surface area (Å²) in [5, 5.41) is 4.41. The van der Waals surface area contributed by atoms with Crippen molar-refractivity contribution in [1.82, 2.24) is 4.90 Å². The SMILES string of the molecule is Cc1c(Cl)cccc1NC1=C(c2ccccc2)C(=O)N(CCc2ccc(Cl)cc2)C1=O. The van der Waals surface area contributed by atoms with Gasteiger partial charge >= 0.3 is 0 Å². The Hall–Kier alpha value is -3.08. The molecule has 0 spiro atoms. The molecule has 6 heteroatoms. The molecule has 0 radical (unpaired) electrons. The number of rotatable bonds is 6. The summed E-state index contributed by atoms with van der Waals surface area (Å²) >= 11 is 12.2. The Bertz CT molecular complexity index is 1170. The molecule has 1 N–H and O–H groups in total. The van der Waals surface area contributed by atoms with Crippen molar-refractivity contribution in [1.29, 1.82) is 0 Å². The normalized spacial score (nSPS) is 13.8. The van der Waals surface area contributed by atoms with Gasteiger partial charge in [-0.1, -0.05) is 71.7 Å². The fraction of sp³-hybridized carbons (Fsp3) is 0.120. The van der Waals surface area contributed by atoms with Gasteiger partial charge in [-0.25, -0.2) is 0 Å². The lowest BCUT2D eigenvalue weighted by Crippen LogP contribution is -2.34. The van der Waals surface area contributed by atoms with Crippen LogP contribution >= 0.6 is 23.2 Å². The van der Waals surface area contributed by atoms with Crippen LogP contribution in [0.1, 0.15) is 16.7 Å². The second kappa shape index (κ2) is 8.96. The van der Waals surface area contributed by atoms with Crippen molar-refractivity contribution in [3.8, 4) is 0 Å². The quantitative estimate of drug-likeness (QED) is 0.487. The minimum atomic E-state index is -0.350. The van der Waals surface area contributed by atoms with Gasteiger partial charge in [0.25, 0.3) is 11.8 Å². The van der Waals surface area contributed by atoms with Crippen molar-refractivity contribution in [2.45, 2.75) is 13.3 Å². The Balaban J connectivity index is 1.67. The number of halogens is 2. The Morgan fingerprint density at radius 1 is 0.839 bits per heavy atom. The molecular formula is C25H20Cl2N2O2. The highest BCUT2D eigenvalue weighted by Crippen LogP contribution is 2.32. The highest BCUT2D eigenvalue weighted by Gasteiger charge is 2.39. The van der Waals surface area contributed by atoms with Crippen LogP contribution in [0.25, 0.3) is 5.57 Å². The van der Waals surface area contributed by atoms with E-state index in [2.05, 4.69) is 5.32 Å². The maximum Gasteiger partial charge on any atom is 0.278 e. The molecule has 1 heterocycles. The molecule has 0 unspecified atom stereocenters. The van der Waals surface area contributed by atoms with Crippen molar-refractivity contribution in [2.24, 2.45) is 0 Å². The molecule has 4 rings (SSSR count). The monoisotopic (exact) mass is 450 g/mol. The maximum atomic E-state index is 13.3. The first-order chi connectivity index (χ1) is 15.0. The first-order valence-electron chi connectivity index (χ1n) is 9.88. The number of imide groups is 1. The first kappa shape index (κ1) is 21.2. The molecule has 3 aromatic carbocycles. The zero-order valence-electron chi connectivity index (χ0n) is 16.9. The molecule has 4 nitrogen and oxygen atoms in total. The average Bonchev–Trinajstić information content (AvgIpc) is 3.01. The summed E-state index contributed by atoms with van der Waals surface area (Å²) in [5.41, 5.74) is 3.81. The van der Waals surface area contributed by atoms with Crippen molar-refractivity contribution in [3.05, 3.63) is 105 Å². The predicted molar refractivity (Wildman–Crippen MR) is 125 cm³/mol. The number of hydrogen-bond acceptors (Lipinski definition) is 3. The second-order valence-electron chi connectivity index (χ2n) is 7.29. The zero-order chi connectivity index (χ0) is 22.0. The minimum Gasteiger partial charge on any atom is -0.350 e. The molecule has 31 heavy (non-hydrogen) atoms.